The van der Waals surface area contributed by atoms with Crippen molar-refractivity contribution in [1.82, 2.24) is 9.97 Å². The molecule has 1 aromatic heterocycles. The molecule has 0 aliphatic rings. The van der Waals surface area contributed by atoms with Crippen molar-refractivity contribution in [2.24, 2.45) is 5.41 Å². The Morgan fingerprint density at radius 2 is 2.17 bits per heavy atom. The molecule has 1 atom stereocenters. The number of aromatic nitrogens is 2. The molecule has 1 rings (SSSR count). The standard InChI is InChI=1S/C10H18N2/c1-8(5-10(2,3)4)9-6-11-7-12-9/h6-8H,5H2,1-4H3,(H,11,12). The van der Waals surface area contributed by atoms with E-state index in [0.29, 0.717) is 11.3 Å². The van der Waals surface area contributed by atoms with Gasteiger partial charge in [-0.2, -0.15) is 0 Å². The van der Waals surface area contributed by atoms with Crippen LogP contribution in [0, 0.1) is 5.41 Å². The fraction of sp³-hybridized carbons (Fsp3) is 0.700. The molecular weight excluding hydrogens is 148 g/mol. The van der Waals surface area contributed by atoms with Crippen LogP contribution in [0.1, 0.15) is 45.7 Å². The van der Waals surface area contributed by atoms with Crippen LogP contribution in [0.5, 0.6) is 0 Å². The molecule has 2 heteroatoms. The zero-order valence-corrected chi connectivity index (χ0v) is 8.39. The molecule has 0 radical (unpaired) electrons. The summed E-state index contributed by atoms with van der Waals surface area (Å²) < 4.78 is 0. The van der Waals surface area contributed by atoms with Gasteiger partial charge in [-0.15, -0.1) is 0 Å². The number of aromatic amines is 1. The van der Waals surface area contributed by atoms with Crippen LogP contribution >= 0.6 is 0 Å². The number of hydrogen-bond donors (Lipinski definition) is 1. The Morgan fingerprint density at radius 1 is 1.50 bits per heavy atom. The first-order valence-corrected chi connectivity index (χ1v) is 4.48. The molecule has 68 valence electrons. The van der Waals surface area contributed by atoms with E-state index in [1.165, 1.54) is 12.1 Å². The van der Waals surface area contributed by atoms with Crippen LogP contribution in [0.3, 0.4) is 0 Å². The van der Waals surface area contributed by atoms with Crippen LogP contribution in [0.4, 0.5) is 0 Å². The number of imidazole rings is 1. The van der Waals surface area contributed by atoms with E-state index in [0.717, 1.165) is 0 Å². The molecule has 1 heterocycles. The number of rotatable bonds is 2. The summed E-state index contributed by atoms with van der Waals surface area (Å²) in [5, 5.41) is 0. The highest BCUT2D eigenvalue weighted by atomic mass is 14.9. The highest BCUT2D eigenvalue weighted by molar-refractivity contribution is 5.02. The maximum atomic E-state index is 4.24. The van der Waals surface area contributed by atoms with Crippen LogP contribution in [-0.2, 0) is 0 Å². The molecule has 0 aromatic carbocycles. The lowest BCUT2D eigenvalue weighted by atomic mass is 9.84. The van der Waals surface area contributed by atoms with E-state index in [1.54, 1.807) is 6.33 Å². The lowest BCUT2D eigenvalue weighted by molar-refractivity contribution is 0.346. The quantitative estimate of drug-likeness (QED) is 0.719. The van der Waals surface area contributed by atoms with Gasteiger partial charge in [0.05, 0.1) is 12.0 Å². The molecule has 0 aliphatic carbocycles. The molecule has 0 spiro atoms. The van der Waals surface area contributed by atoms with Gasteiger partial charge in [0.15, 0.2) is 0 Å². The van der Waals surface area contributed by atoms with Crippen LogP contribution in [0.25, 0.3) is 0 Å². The molecule has 1 aromatic rings. The third-order valence-corrected chi connectivity index (χ3v) is 1.94. The van der Waals surface area contributed by atoms with Gasteiger partial charge in [-0.3, -0.25) is 0 Å². The second-order valence-corrected chi connectivity index (χ2v) is 4.66. The predicted molar refractivity (Wildman–Crippen MR) is 51.1 cm³/mol. The average molecular weight is 166 g/mol. The van der Waals surface area contributed by atoms with Crippen molar-refractivity contribution in [3.63, 3.8) is 0 Å². The molecule has 0 amide bonds. The predicted octanol–water partition coefficient (Wildman–Crippen LogP) is 2.95. The highest BCUT2D eigenvalue weighted by Gasteiger charge is 2.17. The number of nitrogens with zero attached hydrogens (tertiary/aromatic N) is 1. The summed E-state index contributed by atoms with van der Waals surface area (Å²) in [5.74, 6) is 0.552. The van der Waals surface area contributed by atoms with Crippen LogP contribution in [0.2, 0.25) is 0 Å². The van der Waals surface area contributed by atoms with Gasteiger partial charge in [0.2, 0.25) is 0 Å². The van der Waals surface area contributed by atoms with E-state index < -0.39 is 0 Å². The van der Waals surface area contributed by atoms with E-state index in [-0.39, 0.29) is 0 Å². The van der Waals surface area contributed by atoms with Crippen molar-refractivity contribution in [2.45, 2.75) is 40.0 Å². The van der Waals surface area contributed by atoms with Crippen molar-refractivity contribution < 1.29 is 0 Å². The zero-order chi connectivity index (χ0) is 9.19. The van der Waals surface area contributed by atoms with Gasteiger partial charge >= 0.3 is 0 Å². The van der Waals surface area contributed by atoms with Crippen molar-refractivity contribution in [3.8, 4) is 0 Å². The maximum absolute atomic E-state index is 4.24. The van der Waals surface area contributed by atoms with Crippen LogP contribution in [0.15, 0.2) is 12.5 Å². The Kier molecular flexibility index (Phi) is 2.55. The monoisotopic (exact) mass is 166 g/mol. The zero-order valence-electron chi connectivity index (χ0n) is 8.39. The first-order valence-electron chi connectivity index (χ1n) is 4.48. The van der Waals surface area contributed by atoms with Crippen molar-refractivity contribution >= 4 is 0 Å². The van der Waals surface area contributed by atoms with Crippen molar-refractivity contribution in [3.05, 3.63) is 18.2 Å². The molecule has 0 saturated carbocycles. The Balaban J connectivity index is 2.56. The molecular formula is C10H18N2. The summed E-state index contributed by atoms with van der Waals surface area (Å²) in [6.45, 7) is 9.00. The smallest absolute Gasteiger partial charge is 0.0923 e. The summed E-state index contributed by atoms with van der Waals surface area (Å²) in [6.07, 6.45) is 4.91. The summed E-state index contributed by atoms with van der Waals surface area (Å²) in [6, 6.07) is 0. The van der Waals surface area contributed by atoms with Gasteiger partial charge in [-0.1, -0.05) is 27.7 Å². The van der Waals surface area contributed by atoms with Crippen LogP contribution < -0.4 is 0 Å². The first-order chi connectivity index (χ1) is 5.49. The summed E-state index contributed by atoms with van der Waals surface area (Å²) >= 11 is 0. The molecule has 0 fully saturated rings. The number of hydrogen-bond acceptors (Lipinski definition) is 1. The van der Waals surface area contributed by atoms with Gasteiger partial charge in [-0.25, -0.2) is 4.98 Å². The first kappa shape index (κ1) is 9.30. The molecule has 0 bridgehead atoms. The number of H-pyrrole nitrogens is 1. The lowest BCUT2D eigenvalue weighted by Gasteiger charge is -2.21. The molecule has 2 nitrogen and oxygen atoms in total. The van der Waals surface area contributed by atoms with Crippen LogP contribution in [-0.4, -0.2) is 9.97 Å². The van der Waals surface area contributed by atoms with Gasteiger partial charge in [0, 0.05) is 12.1 Å². The summed E-state index contributed by atoms with van der Waals surface area (Å²) in [5.41, 5.74) is 1.56. The van der Waals surface area contributed by atoms with E-state index in [4.69, 9.17) is 0 Å². The maximum Gasteiger partial charge on any atom is 0.0923 e. The fourth-order valence-electron chi connectivity index (χ4n) is 1.56. The van der Waals surface area contributed by atoms with E-state index in [1.807, 2.05) is 6.20 Å². The van der Waals surface area contributed by atoms with E-state index in [2.05, 4.69) is 37.7 Å². The number of nitrogens with one attached hydrogen (secondary N) is 1. The third-order valence-electron chi connectivity index (χ3n) is 1.94. The van der Waals surface area contributed by atoms with Gasteiger partial charge < -0.3 is 4.98 Å². The Morgan fingerprint density at radius 3 is 2.58 bits per heavy atom. The van der Waals surface area contributed by atoms with E-state index in [9.17, 15) is 0 Å². The van der Waals surface area contributed by atoms with Gasteiger partial charge in [-0.05, 0) is 11.8 Å². The summed E-state index contributed by atoms with van der Waals surface area (Å²) in [4.78, 5) is 7.23. The molecule has 12 heavy (non-hydrogen) atoms. The minimum Gasteiger partial charge on any atom is -0.351 e. The normalized spacial score (nSPS) is 14.7. The SMILES string of the molecule is CC(CC(C)(C)C)c1c[nH]cn1. The fourth-order valence-corrected chi connectivity index (χ4v) is 1.56. The highest BCUT2D eigenvalue weighted by Crippen LogP contribution is 2.29. The molecule has 1 unspecified atom stereocenters. The Labute approximate surface area is 74.4 Å². The minimum atomic E-state index is 0.387. The second kappa shape index (κ2) is 3.30. The van der Waals surface area contributed by atoms with Crippen molar-refractivity contribution in [1.29, 1.82) is 0 Å². The third kappa shape index (κ3) is 2.68. The minimum absolute atomic E-state index is 0.387. The lowest BCUT2D eigenvalue weighted by Crippen LogP contribution is -2.09. The Bertz CT molecular complexity index is 218. The topological polar surface area (TPSA) is 28.7 Å². The van der Waals surface area contributed by atoms with Gasteiger partial charge in [0.1, 0.15) is 0 Å². The molecule has 1 N–H and O–H groups in total. The Hall–Kier alpha value is -0.790. The average Bonchev–Trinajstić information content (AvgIpc) is 2.32. The van der Waals surface area contributed by atoms with Gasteiger partial charge in [0.25, 0.3) is 0 Å². The second-order valence-electron chi connectivity index (χ2n) is 4.66. The summed E-state index contributed by atoms with van der Waals surface area (Å²) in [7, 11) is 0. The largest absolute Gasteiger partial charge is 0.351 e. The van der Waals surface area contributed by atoms with Crippen molar-refractivity contribution in [2.75, 3.05) is 0 Å². The molecule has 0 saturated heterocycles. The molecule has 0 aliphatic heterocycles. The van der Waals surface area contributed by atoms with E-state index >= 15 is 0 Å².